The van der Waals surface area contributed by atoms with Gasteiger partial charge >= 0.3 is 0 Å². The number of methoxy groups -OCH3 is 1. The molecule has 19 heavy (non-hydrogen) atoms. The zero-order valence-electron chi connectivity index (χ0n) is 11.0. The number of nitrogens with one attached hydrogen (secondary N) is 1. The second-order valence-electron chi connectivity index (χ2n) is 4.10. The summed E-state index contributed by atoms with van der Waals surface area (Å²) in [6.07, 6.45) is 2.83. The molecule has 102 valence electrons. The summed E-state index contributed by atoms with van der Waals surface area (Å²) in [4.78, 5) is 4.27. The van der Waals surface area contributed by atoms with E-state index in [1.54, 1.807) is 7.11 Å². The number of aromatic nitrogens is 1. The predicted molar refractivity (Wildman–Crippen MR) is 83.0 cm³/mol. The highest BCUT2D eigenvalue weighted by molar-refractivity contribution is 8.93. The maximum absolute atomic E-state index is 5.13. The van der Waals surface area contributed by atoms with E-state index in [-0.39, 0.29) is 17.0 Å². The number of halogens is 1. The zero-order chi connectivity index (χ0) is 12.6. The summed E-state index contributed by atoms with van der Waals surface area (Å²) >= 11 is 0. The van der Waals surface area contributed by atoms with Gasteiger partial charge in [-0.15, -0.1) is 17.0 Å². The van der Waals surface area contributed by atoms with E-state index in [0.29, 0.717) is 0 Å². The molecule has 2 aromatic rings. The van der Waals surface area contributed by atoms with Gasteiger partial charge in [-0.2, -0.15) is 0 Å². The van der Waals surface area contributed by atoms with Crippen molar-refractivity contribution in [1.29, 1.82) is 0 Å². The molecule has 1 aromatic carbocycles. The molecule has 0 aliphatic heterocycles. The van der Waals surface area contributed by atoms with Gasteiger partial charge < -0.3 is 10.1 Å². The van der Waals surface area contributed by atoms with E-state index in [4.69, 9.17) is 4.74 Å². The normalized spacial score (nSPS) is 9.74. The maximum Gasteiger partial charge on any atom is 0.118 e. The molecule has 0 bridgehead atoms. The van der Waals surface area contributed by atoms with Crippen LogP contribution in [-0.2, 0) is 13.0 Å². The van der Waals surface area contributed by atoms with Crippen molar-refractivity contribution < 1.29 is 4.74 Å². The molecule has 1 N–H and O–H groups in total. The van der Waals surface area contributed by atoms with E-state index >= 15 is 0 Å². The van der Waals surface area contributed by atoms with Crippen LogP contribution in [-0.4, -0.2) is 18.6 Å². The quantitative estimate of drug-likeness (QED) is 0.830. The Hall–Kier alpha value is -1.39. The fraction of sp³-hybridized carbons (Fsp3) is 0.267. The molecule has 0 aliphatic carbocycles. The van der Waals surface area contributed by atoms with Gasteiger partial charge in [0, 0.05) is 12.7 Å². The van der Waals surface area contributed by atoms with Crippen molar-refractivity contribution in [3.8, 4) is 5.75 Å². The van der Waals surface area contributed by atoms with Crippen LogP contribution < -0.4 is 10.1 Å². The Balaban J connectivity index is 0.00000180. The molecule has 0 radical (unpaired) electrons. The van der Waals surface area contributed by atoms with E-state index in [1.165, 1.54) is 5.56 Å². The molecule has 0 saturated heterocycles. The van der Waals surface area contributed by atoms with Crippen molar-refractivity contribution in [2.24, 2.45) is 0 Å². The molecular weight excluding hydrogens is 304 g/mol. The number of rotatable bonds is 6. The van der Waals surface area contributed by atoms with Crippen LogP contribution in [0.2, 0.25) is 0 Å². The van der Waals surface area contributed by atoms with Crippen molar-refractivity contribution >= 4 is 17.0 Å². The minimum atomic E-state index is 0. The fourth-order valence-corrected chi connectivity index (χ4v) is 1.74. The highest BCUT2D eigenvalue weighted by Gasteiger charge is 1.95. The summed E-state index contributed by atoms with van der Waals surface area (Å²) in [5, 5.41) is 3.39. The topological polar surface area (TPSA) is 34.1 Å². The standard InChI is InChI=1S/C15H18N2O.BrH/c1-18-15-7-5-13(6-8-15)9-11-16-12-14-4-2-3-10-17-14;/h2-8,10,16H,9,11-12H2,1H3;1H. The monoisotopic (exact) mass is 322 g/mol. The fourth-order valence-electron chi connectivity index (χ4n) is 1.74. The van der Waals surface area contributed by atoms with Crippen LogP contribution in [0.1, 0.15) is 11.3 Å². The Morgan fingerprint density at radius 1 is 1.11 bits per heavy atom. The largest absolute Gasteiger partial charge is 0.497 e. The second-order valence-corrected chi connectivity index (χ2v) is 4.10. The Morgan fingerprint density at radius 2 is 1.89 bits per heavy atom. The van der Waals surface area contributed by atoms with Gasteiger partial charge in [-0.25, -0.2) is 0 Å². The molecule has 0 fully saturated rings. The van der Waals surface area contributed by atoms with E-state index in [1.807, 2.05) is 36.5 Å². The summed E-state index contributed by atoms with van der Waals surface area (Å²) in [5.74, 6) is 0.903. The third kappa shape index (κ3) is 5.41. The molecule has 2 rings (SSSR count). The summed E-state index contributed by atoms with van der Waals surface area (Å²) in [6.45, 7) is 1.76. The van der Waals surface area contributed by atoms with E-state index < -0.39 is 0 Å². The zero-order valence-corrected chi connectivity index (χ0v) is 12.7. The molecule has 3 nitrogen and oxygen atoms in total. The van der Waals surface area contributed by atoms with Gasteiger partial charge in [-0.1, -0.05) is 18.2 Å². The highest BCUT2D eigenvalue weighted by Crippen LogP contribution is 2.11. The SMILES string of the molecule is Br.COc1ccc(CCNCc2ccccn2)cc1. The third-order valence-electron chi connectivity index (χ3n) is 2.78. The Kier molecular flexibility index (Phi) is 7.15. The lowest BCUT2D eigenvalue weighted by Gasteiger charge is -2.05. The van der Waals surface area contributed by atoms with Gasteiger partial charge in [0.2, 0.25) is 0 Å². The van der Waals surface area contributed by atoms with Crippen LogP contribution in [0, 0.1) is 0 Å². The minimum absolute atomic E-state index is 0. The van der Waals surface area contributed by atoms with E-state index in [0.717, 1.165) is 31.0 Å². The molecule has 0 amide bonds. The number of ether oxygens (including phenoxy) is 1. The molecule has 0 aliphatic rings. The highest BCUT2D eigenvalue weighted by atomic mass is 79.9. The maximum atomic E-state index is 5.13. The van der Waals surface area contributed by atoms with Crippen molar-refractivity contribution in [3.63, 3.8) is 0 Å². The van der Waals surface area contributed by atoms with Crippen LogP contribution in [0.4, 0.5) is 0 Å². The minimum Gasteiger partial charge on any atom is -0.497 e. The summed E-state index contributed by atoms with van der Waals surface area (Å²) in [5.41, 5.74) is 2.39. The molecule has 1 heterocycles. The smallest absolute Gasteiger partial charge is 0.118 e. The first-order valence-corrected chi connectivity index (χ1v) is 6.12. The summed E-state index contributed by atoms with van der Waals surface area (Å²) in [6, 6.07) is 14.2. The molecule has 0 saturated carbocycles. The van der Waals surface area contributed by atoms with Crippen molar-refractivity contribution in [3.05, 3.63) is 59.9 Å². The molecule has 0 atom stereocenters. The van der Waals surface area contributed by atoms with Gasteiger partial charge in [0.25, 0.3) is 0 Å². The average Bonchev–Trinajstić information content (AvgIpc) is 2.45. The summed E-state index contributed by atoms with van der Waals surface area (Å²) in [7, 11) is 1.68. The van der Waals surface area contributed by atoms with Gasteiger partial charge in [-0.3, -0.25) is 4.98 Å². The van der Waals surface area contributed by atoms with Crippen LogP contribution >= 0.6 is 17.0 Å². The number of hydrogen-bond donors (Lipinski definition) is 1. The van der Waals surface area contributed by atoms with Crippen LogP contribution in [0.25, 0.3) is 0 Å². The van der Waals surface area contributed by atoms with Crippen LogP contribution in [0.3, 0.4) is 0 Å². The third-order valence-corrected chi connectivity index (χ3v) is 2.78. The Morgan fingerprint density at radius 3 is 2.53 bits per heavy atom. The number of nitrogens with zero attached hydrogens (tertiary/aromatic N) is 1. The Labute approximate surface area is 124 Å². The van der Waals surface area contributed by atoms with Gasteiger partial charge in [0.05, 0.1) is 12.8 Å². The Bertz CT molecular complexity index is 459. The van der Waals surface area contributed by atoms with Gasteiger partial charge in [0.15, 0.2) is 0 Å². The van der Waals surface area contributed by atoms with Crippen molar-refractivity contribution in [1.82, 2.24) is 10.3 Å². The first kappa shape index (κ1) is 15.7. The van der Waals surface area contributed by atoms with E-state index in [2.05, 4.69) is 22.4 Å². The number of benzene rings is 1. The van der Waals surface area contributed by atoms with Crippen LogP contribution in [0.15, 0.2) is 48.7 Å². The lowest BCUT2D eigenvalue weighted by Crippen LogP contribution is -2.17. The summed E-state index contributed by atoms with van der Waals surface area (Å²) < 4.78 is 5.13. The van der Waals surface area contributed by atoms with Gasteiger partial charge in [0.1, 0.15) is 5.75 Å². The predicted octanol–water partition coefficient (Wildman–Crippen LogP) is 3.00. The van der Waals surface area contributed by atoms with Crippen LogP contribution in [0.5, 0.6) is 5.75 Å². The van der Waals surface area contributed by atoms with E-state index in [9.17, 15) is 0 Å². The van der Waals surface area contributed by atoms with Crippen molar-refractivity contribution in [2.45, 2.75) is 13.0 Å². The second kappa shape index (κ2) is 8.67. The molecular formula is C15H19BrN2O. The first-order chi connectivity index (χ1) is 8.88. The molecule has 1 aromatic heterocycles. The van der Waals surface area contributed by atoms with Crippen molar-refractivity contribution in [2.75, 3.05) is 13.7 Å². The number of pyridine rings is 1. The molecule has 0 spiro atoms. The number of hydrogen-bond acceptors (Lipinski definition) is 3. The lowest BCUT2D eigenvalue weighted by molar-refractivity contribution is 0.414. The van der Waals surface area contributed by atoms with Gasteiger partial charge in [-0.05, 0) is 42.8 Å². The lowest BCUT2D eigenvalue weighted by atomic mass is 10.1. The average molecular weight is 323 g/mol. The molecule has 0 unspecified atom stereocenters. The molecule has 4 heteroatoms. The first-order valence-electron chi connectivity index (χ1n) is 6.12.